The van der Waals surface area contributed by atoms with Crippen LogP contribution in [0.15, 0.2) is 0 Å². The van der Waals surface area contributed by atoms with Crippen LogP contribution >= 0.6 is 23.4 Å². The van der Waals surface area contributed by atoms with E-state index in [1.165, 1.54) is 18.6 Å². The van der Waals surface area contributed by atoms with Gasteiger partial charge in [0.1, 0.15) is 0 Å². The molecule has 0 aliphatic rings. The van der Waals surface area contributed by atoms with Crippen molar-refractivity contribution in [2.75, 3.05) is 30.2 Å². The van der Waals surface area contributed by atoms with Crippen LogP contribution in [-0.4, -0.2) is 38.6 Å². The maximum atomic E-state index is 11.2. The molecule has 0 atom stereocenters. The minimum Gasteiger partial charge on any atom is -0.215 e. The average molecular weight is 274 g/mol. The number of sulfonamides is 1. The number of rotatable bonds is 10. The number of nitrogens with one attached hydrogen (secondary N) is 1. The Balaban J connectivity index is 3.31. The van der Waals surface area contributed by atoms with Crippen molar-refractivity contribution >= 4 is 33.4 Å². The van der Waals surface area contributed by atoms with Crippen LogP contribution in [-0.2, 0) is 10.0 Å². The van der Waals surface area contributed by atoms with Gasteiger partial charge in [0.2, 0.25) is 10.0 Å². The Bertz CT molecular complexity index is 232. The summed E-state index contributed by atoms with van der Waals surface area (Å²) in [6.45, 7) is 0.540. The smallest absolute Gasteiger partial charge is 0.212 e. The summed E-state index contributed by atoms with van der Waals surface area (Å²) in [7, 11) is -3.12. The Morgan fingerprint density at radius 3 is 2.47 bits per heavy atom. The Kier molecular flexibility index (Phi) is 10.1. The zero-order chi connectivity index (χ0) is 11.6. The van der Waals surface area contributed by atoms with Crippen LogP contribution in [0, 0.1) is 0 Å². The van der Waals surface area contributed by atoms with Crippen molar-refractivity contribution in [3.05, 3.63) is 0 Å². The fourth-order valence-corrected chi connectivity index (χ4v) is 3.03. The molecule has 6 heteroatoms. The quantitative estimate of drug-likeness (QED) is 0.490. The molecule has 92 valence electrons. The molecule has 0 aromatic carbocycles. The number of alkyl halides is 1. The highest BCUT2D eigenvalue weighted by Crippen LogP contribution is 2.04. The third kappa shape index (κ3) is 10.8. The minimum absolute atomic E-state index is 0.0149. The average Bonchev–Trinajstić information content (AvgIpc) is 2.16. The Hall–Kier alpha value is 0.550. The molecule has 0 unspecified atom stereocenters. The number of thioether (sulfide) groups is 1. The molecule has 0 heterocycles. The van der Waals surface area contributed by atoms with Gasteiger partial charge in [-0.1, -0.05) is 12.8 Å². The first-order valence-corrected chi connectivity index (χ1v) is 8.72. The van der Waals surface area contributed by atoms with Gasteiger partial charge in [-0.3, -0.25) is 0 Å². The molecule has 0 amide bonds. The Morgan fingerprint density at radius 1 is 1.20 bits per heavy atom. The third-order valence-electron chi connectivity index (χ3n) is 1.94. The molecule has 0 radical (unpaired) electrons. The predicted molar refractivity (Wildman–Crippen MR) is 69.4 cm³/mol. The van der Waals surface area contributed by atoms with Gasteiger partial charge in [0.05, 0.1) is 5.75 Å². The van der Waals surface area contributed by atoms with Gasteiger partial charge in [-0.25, -0.2) is 13.1 Å². The second-order valence-corrected chi connectivity index (χ2v) is 6.60. The van der Waals surface area contributed by atoms with Gasteiger partial charge in [0.25, 0.3) is 0 Å². The van der Waals surface area contributed by atoms with Gasteiger partial charge in [-0.05, 0) is 24.9 Å². The van der Waals surface area contributed by atoms with Gasteiger partial charge >= 0.3 is 0 Å². The molecule has 0 bridgehead atoms. The van der Waals surface area contributed by atoms with Gasteiger partial charge in [0, 0.05) is 12.4 Å². The van der Waals surface area contributed by atoms with Crippen LogP contribution in [0.3, 0.4) is 0 Å². The second-order valence-electron chi connectivity index (χ2n) is 3.31. The van der Waals surface area contributed by atoms with Crippen LogP contribution in [0.5, 0.6) is 0 Å². The molecule has 0 aromatic rings. The van der Waals surface area contributed by atoms with E-state index < -0.39 is 10.0 Å². The van der Waals surface area contributed by atoms with E-state index in [9.17, 15) is 8.42 Å². The standard InChI is InChI=1S/C9H20ClNO2S2/c1-14-8-5-3-2-4-7-11-15(12,13)9-6-10/h11H,2-9H2,1H3. The van der Waals surface area contributed by atoms with E-state index in [4.69, 9.17) is 11.6 Å². The summed E-state index contributed by atoms with van der Waals surface area (Å²) in [5.41, 5.74) is 0. The fraction of sp³-hybridized carbons (Fsp3) is 1.00. The van der Waals surface area contributed by atoms with Crippen molar-refractivity contribution in [3.8, 4) is 0 Å². The largest absolute Gasteiger partial charge is 0.215 e. The summed E-state index contributed by atoms with van der Waals surface area (Å²) >= 11 is 7.21. The summed E-state index contributed by atoms with van der Waals surface area (Å²) in [6.07, 6.45) is 6.49. The fourth-order valence-electron chi connectivity index (χ4n) is 1.13. The minimum atomic E-state index is -3.12. The molecule has 15 heavy (non-hydrogen) atoms. The monoisotopic (exact) mass is 273 g/mol. The summed E-state index contributed by atoms with van der Waals surface area (Å²) in [5, 5.41) is 0. The van der Waals surface area contributed by atoms with Crippen molar-refractivity contribution in [2.24, 2.45) is 0 Å². The zero-order valence-electron chi connectivity index (χ0n) is 9.17. The molecule has 0 rings (SSSR count). The van der Waals surface area contributed by atoms with Gasteiger partial charge < -0.3 is 0 Å². The van der Waals surface area contributed by atoms with E-state index >= 15 is 0 Å². The van der Waals surface area contributed by atoms with E-state index in [0.29, 0.717) is 6.54 Å². The van der Waals surface area contributed by atoms with Crippen LogP contribution in [0.2, 0.25) is 0 Å². The second kappa shape index (κ2) is 9.75. The molecule has 0 saturated carbocycles. The highest BCUT2D eigenvalue weighted by atomic mass is 35.5. The first kappa shape index (κ1) is 15.6. The molecular formula is C9H20ClNO2S2. The maximum absolute atomic E-state index is 11.2. The van der Waals surface area contributed by atoms with Crippen molar-refractivity contribution < 1.29 is 8.42 Å². The van der Waals surface area contributed by atoms with E-state index in [1.54, 1.807) is 0 Å². The Labute approximate surface area is 102 Å². The highest BCUT2D eigenvalue weighted by molar-refractivity contribution is 7.98. The number of unbranched alkanes of at least 4 members (excludes halogenated alkanes) is 3. The number of hydrogen-bond donors (Lipinski definition) is 1. The van der Waals surface area contributed by atoms with Crippen molar-refractivity contribution in [3.63, 3.8) is 0 Å². The van der Waals surface area contributed by atoms with E-state index in [1.807, 2.05) is 11.8 Å². The lowest BCUT2D eigenvalue weighted by Gasteiger charge is -2.04. The van der Waals surface area contributed by atoms with Crippen LogP contribution in [0.1, 0.15) is 25.7 Å². The van der Waals surface area contributed by atoms with Gasteiger partial charge in [-0.2, -0.15) is 11.8 Å². The molecular weight excluding hydrogens is 254 g/mol. The molecule has 0 aromatic heterocycles. The molecule has 0 aliphatic carbocycles. The van der Waals surface area contributed by atoms with E-state index in [2.05, 4.69) is 11.0 Å². The summed E-state index contributed by atoms with van der Waals surface area (Å²) in [5.74, 6) is 1.36. The zero-order valence-corrected chi connectivity index (χ0v) is 11.6. The lowest BCUT2D eigenvalue weighted by atomic mass is 10.2. The number of hydrogen-bond acceptors (Lipinski definition) is 3. The van der Waals surface area contributed by atoms with Gasteiger partial charge in [-0.15, -0.1) is 11.6 Å². The molecule has 3 nitrogen and oxygen atoms in total. The molecule has 0 fully saturated rings. The van der Waals surface area contributed by atoms with Crippen molar-refractivity contribution in [1.82, 2.24) is 4.72 Å². The first-order chi connectivity index (χ1) is 7.12. The molecule has 0 saturated heterocycles. The van der Waals surface area contributed by atoms with Crippen molar-refractivity contribution in [1.29, 1.82) is 0 Å². The maximum Gasteiger partial charge on any atom is 0.212 e. The first-order valence-electron chi connectivity index (χ1n) is 5.14. The summed E-state index contributed by atoms with van der Waals surface area (Å²) < 4.78 is 24.9. The summed E-state index contributed by atoms with van der Waals surface area (Å²) in [6, 6.07) is 0. The highest BCUT2D eigenvalue weighted by Gasteiger charge is 2.06. The number of halogens is 1. The third-order valence-corrected chi connectivity index (χ3v) is 4.44. The van der Waals surface area contributed by atoms with Crippen LogP contribution < -0.4 is 4.72 Å². The predicted octanol–water partition coefficient (Wildman–Crippen LogP) is 2.07. The molecule has 0 spiro atoms. The van der Waals surface area contributed by atoms with Crippen LogP contribution in [0.25, 0.3) is 0 Å². The van der Waals surface area contributed by atoms with E-state index in [0.717, 1.165) is 12.8 Å². The summed E-state index contributed by atoms with van der Waals surface area (Å²) in [4.78, 5) is 0. The van der Waals surface area contributed by atoms with Crippen LogP contribution in [0.4, 0.5) is 0 Å². The molecule has 0 aliphatic heterocycles. The SMILES string of the molecule is CSCCCCCCNS(=O)(=O)CCCl. The van der Waals surface area contributed by atoms with Gasteiger partial charge in [0.15, 0.2) is 0 Å². The van der Waals surface area contributed by atoms with E-state index in [-0.39, 0.29) is 11.6 Å². The lowest BCUT2D eigenvalue weighted by molar-refractivity contribution is 0.575. The topological polar surface area (TPSA) is 46.2 Å². The lowest BCUT2D eigenvalue weighted by Crippen LogP contribution is -2.27. The Morgan fingerprint density at radius 2 is 1.87 bits per heavy atom. The van der Waals surface area contributed by atoms with Crippen molar-refractivity contribution in [2.45, 2.75) is 25.7 Å². The molecule has 1 N–H and O–H groups in total. The normalized spacial score (nSPS) is 11.9.